The van der Waals surface area contributed by atoms with Gasteiger partial charge in [-0.15, -0.1) is 0 Å². The zero-order valence-electron chi connectivity index (χ0n) is 36.1. The molecule has 1 aromatic carbocycles. The minimum Gasteiger partial charge on any atom is -0.467 e. The molecule has 0 unspecified atom stereocenters. The van der Waals surface area contributed by atoms with Crippen LogP contribution in [0.4, 0.5) is 0 Å². The number of carbonyl (C=O) groups excluding carboxylic acids is 3. The number of fused-ring (bicyclic) bond motifs is 4. The van der Waals surface area contributed by atoms with Crippen LogP contribution in [0, 0.1) is 39.4 Å². The maximum atomic E-state index is 13.5. The minimum absolute atomic E-state index is 0.0377. The summed E-state index contributed by atoms with van der Waals surface area (Å²) in [5.74, 6) is -1.44. The number of benzene rings is 1. The Kier molecular flexibility index (Phi) is 13.0. The van der Waals surface area contributed by atoms with Crippen LogP contribution < -0.4 is 5.32 Å². The summed E-state index contributed by atoms with van der Waals surface area (Å²) in [5.41, 5.74) is -1.20. The Labute approximate surface area is 340 Å². The predicted octanol–water partition coefficient (Wildman–Crippen LogP) is 5.57. The second-order valence-electron chi connectivity index (χ2n) is 20.4. The fourth-order valence-corrected chi connectivity index (χ4v) is 12.3. The molecule has 4 aliphatic rings. The number of allylic oxidation sites excluding steroid dienone is 1. The van der Waals surface area contributed by atoms with Gasteiger partial charge in [-0.2, -0.15) is 0 Å². The van der Waals surface area contributed by atoms with Crippen molar-refractivity contribution in [3.63, 3.8) is 0 Å². The molecule has 0 bridgehead atoms. The second kappa shape index (κ2) is 16.3. The highest BCUT2D eigenvalue weighted by Crippen LogP contribution is 2.72. The molecule has 1 aromatic rings. The van der Waals surface area contributed by atoms with E-state index in [9.17, 15) is 39.9 Å². The monoisotopic (exact) mass is 798 g/mol. The van der Waals surface area contributed by atoms with Crippen molar-refractivity contribution < 1.29 is 49.4 Å². The zero-order chi connectivity index (χ0) is 42.5. The number of ether oxygens (including phenoxy) is 2. The molecule has 320 valence electrons. The van der Waals surface area contributed by atoms with Gasteiger partial charge in [0.15, 0.2) is 0 Å². The van der Waals surface area contributed by atoms with E-state index in [-0.39, 0.29) is 35.0 Å². The molecule has 0 spiro atoms. The van der Waals surface area contributed by atoms with Crippen molar-refractivity contribution in [1.29, 1.82) is 0 Å². The van der Waals surface area contributed by atoms with E-state index in [0.29, 0.717) is 19.3 Å². The highest BCUT2D eigenvalue weighted by atomic mass is 16.6. The van der Waals surface area contributed by atoms with Crippen LogP contribution >= 0.6 is 0 Å². The van der Waals surface area contributed by atoms with Gasteiger partial charge in [0.2, 0.25) is 5.91 Å². The molecular weight excluding hydrogens is 727 g/mol. The van der Waals surface area contributed by atoms with Gasteiger partial charge in [0.05, 0.1) is 49.5 Å². The van der Waals surface area contributed by atoms with Crippen molar-refractivity contribution in [2.45, 2.75) is 175 Å². The first-order valence-corrected chi connectivity index (χ1v) is 21.1. The summed E-state index contributed by atoms with van der Waals surface area (Å²) in [7, 11) is 1.24. The summed E-state index contributed by atoms with van der Waals surface area (Å²) in [5, 5.41) is 58.9. The molecule has 0 aliphatic heterocycles. The van der Waals surface area contributed by atoms with Crippen LogP contribution in [0.3, 0.4) is 0 Å². The number of rotatable bonds is 14. The highest BCUT2D eigenvalue weighted by Gasteiger charge is 2.67. The third-order valence-corrected chi connectivity index (χ3v) is 15.6. The van der Waals surface area contributed by atoms with Crippen LogP contribution in [0.25, 0.3) is 0 Å². The summed E-state index contributed by atoms with van der Waals surface area (Å²) < 4.78 is 11.0. The highest BCUT2D eigenvalue weighted by molar-refractivity contribution is 5.85. The Morgan fingerprint density at radius 1 is 0.947 bits per heavy atom. The quantitative estimate of drug-likeness (QED) is 0.103. The van der Waals surface area contributed by atoms with E-state index in [1.165, 1.54) is 25.2 Å². The van der Waals surface area contributed by atoms with Crippen molar-refractivity contribution >= 4 is 17.8 Å². The molecule has 6 N–H and O–H groups in total. The van der Waals surface area contributed by atoms with Gasteiger partial charge in [-0.25, -0.2) is 4.79 Å². The lowest BCUT2D eigenvalue weighted by atomic mass is 9.42. The van der Waals surface area contributed by atoms with Crippen LogP contribution in [0.2, 0.25) is 0 Å². The van der Waals surface area contributed by atoms with Crippen molar-refractivity contribution in [3.8, 4) is 0 Å². The number of esters is 2. The van der Waals surface area contributed by atoms with E-state index in [1.807, 2.05) is 44.2 Å². The maximum absolute atomic E-state index is 13.5. The zero-order valence-corrected chi connectivity index (χ0v) is 36.1. The molecule has 0 radical (unpaired) electrons. The van der Waals surface area contributed by atoms with Crippen LogP contribution in [0.15, 0.2) is 41.5 Å². The number of carbonyl (C=O) groups is 3. The Morgan fingerprint density at radius 3 is 2.21 bits per heavy atom. The SMILES string of the molecule is COC(=O)[C@H](Cc1ccccc1)NC(=O)C[C@@](C)(O)CC(=O)O[C@H]1[C@H](O)C[C@]2(C)C3=C(CC[C@H]2C1(C)C)[C@]1(C)CC[C@H]([C@H](C)CC[C@@H](O)C(C)(C)O)[C@@]1(C)[C@@H](O)C3. The number of amides is 1. The first kappa shape index (κ1) is 45.3. The predicted molar refractivity (Wildman–Crippen MR) is 216 cm³/mol. The number of hydrogen-bond acceptors (Lipinski definition) is 10. The molecule has 11 heteroatoms. The van der Waals surface area contributed by atoms with Gasteiger partial charge >= 0.3 is 11.9 Å². The topological polar surface area (TPSA) is 183 Å². The number of nitrogens with one attached hydrogen (secondary N) is 1. The Hall–Kier alpha value is -2.83. The van der Waals surface area contributed by atoms with Crippen molar-refractivity contribution in [2.75, 3.05) is 7.11 Å². The average Bonchev–Trinajstić information content (AvgIpc) is 3.40. The lowest BCUT2D eigenvalue weighted by Gasteiger charge is -2.64. The van der Waals surface area contributed by atoms with Crippen molar-refractivity contribution in [1.82, 2.24) is 5.32 Å². The molecule has 57 heavy (non-hydrogen) atoms. The number of aliphatic hydroxyl groups is 5. The molecule has 5 rings (SSSR count). The van der Waals surface area contributed by atoms with Crippen LogP contribution in [-0.2, 0) is 30.3 Å². The van der Waals surface area contributed by atoms with Crippen molar-refractivity contribution in [3.05, 3.63) is 47.0 Å². The van der Waals surface area contributed by atoms with Gasteiger partial charge in [0.25, 0.3) is 0 Å². The third kappa shape index (κ3) is 8.61. The van der Waals surface area contributed by atoms with E-state index in [0.717, 1.165) is 37.7 Å². The lowest BCUT2D eigenvalue weighted by Crippen LogP contribution is -2.62. The number of aliphatic hydroxyl groups excluding tert-OH is 3. The van der Waals surface area contributed by atoms with E-state index >= 15 is 0 Å². The largest absolute Gasteiger partial charge is 0.467 e. The molecule has 0 aromatic heterocycles. The molecule has 11 nitrogen and oxygen atoms in total. The minimum atomic E-state index is -1.79. The van der Waals surface area contributed by atoms with Gasteiger partial charge in [0.1, 0.15) is 12.1 Å². The third-order valence-electron chi connectivity index (χ3n) is 15.6. The Morgan fingerprint density at radius 2 is 1.60 bits per heavy atom. The Balaban J connectivity index is 1.27. The molecular formula is C46H71NO10. The molecule has 1 amide bonds. The smallest absolute Gasteiger partial charge is 0.328 e. The first-order chi connectivity index (χ1) is 26.3. The molecule has 2 saturated carbocycles. The van der Waals surface area contributed by atoms with Gasteiger partial charge in [-0.05, 0) is 106 Å². The molecule has 4 aliphatic carbocycles. The summed E-state index contributed by atoms with van der Waals surface area (Å²) in [6.45, 7) is 17.7. The summed E-state index contributed by atoms with van der Waals surface area (Å²) >= 11 is 0. The summed E-state index contributed by atoms with van der Waals surface area (Å²) in [4.78, 5) is 39.1. The van der Waals surface area contributed by atoms with Gasteiger partial charge in [-0.3, -0.25) is 9.59 Å². The fourth-order valence-electron chi connectivity index (χ4n) is 12.3. The molecule has 0 saturated heterocycles. The maximum Gasteiger partial charge on any atom is 0.328 e. The van der Waals surface area contributed by atoms with Gasteiger partial charge in [-0.1, -0.05) is 83.0 Å². The van der Waals surface area contributed by atoms with Gasteiger partial charge in [0, 0.05) is 17.3 Å². The average molecular weight is 798 g/mol. The molecule has 2 fully saturated rings. The van der Waals surface area contributed by atoms with E-state index in [1.54, 1.807) is 13.8 Å². The second-order valence-corrected chi connectivity index (χ2v) is 20.4. The molecule has 12 atom stereocenters. The van der Waals surface area contributed by atoms with Crippen LogP contribution in [0.1, 0.15) is 132 Å². The van der Waals surface area contributed by atoms with Gasteiger partial charge < -0.3 is 40.3 Å². The van der Waals surface area contributed by atoms with Crippen molar-refractivity contribution in [2.24, 2.45) is 39.4 Å². The van der Waals surface area contributed by atoms with E-state index in [2.05, 4.69) is 33.0 Å². The lowest BCUT2D eigenvalue weighted by molar-refractivity contribution is -0.198. The molecule has 0 heterocycles. The van der Waals surface area contributed by atoms with E-state index < -0.39 is 83.2 Å². The fraction of sp³-hybridized carbons (Fsp3) is 0.761. The van der Waals surface area contributed by atoms with Crippen LogP contribution in [-0.4, -0.2) is 92.1 Å². The first-order valence-electron chi connectivity index (χ1n) is 21.1. The van der Waals surface area contributed by atoms with Crippen LogP contribution in [0.5, 0.6) is 0 Å². The number of methoxy groups -OCH3 is 1. The normalized spacial score (nSPS) is 34.8. The standard InChI is InChI=1S/C46H71NO10/c1-27(16-19-35(49)42(4,5)54)29-20-21-45(8)30-17-18-34-41(2,3)39(33(48)24-44(34,7)31(30)23-36(50)46(29,45)9)57-38(52)26-43(6,55)25-37(51)47-32(40(53)56-10)22-28-14-12-11-13-15-28/h11-15,27,29,32-36,39,48-50,54-55H,16-26H2,1-10H3,(H,47,51)/t27-,29-,32+,33-,34+,35-,36+,39+,43-,44-,45+,46+/m1/s1. The summed E-state index contributed by atoms with van der Waals surface area (Å²) in [6.07, 6.45) is 1.74. The van der Waals surface area contributed by atoms with E-state index in [4.69, 9.17) is 9.47 Å². The summed E-state index contributed by atoms with van der Waals surface area (Å²) in [6, 6.07) is 8.20. The Bertz CT molecular complexity index is 1670. The number of hydrogen-bond donors (Lipinski definition) is 6.